The molecule has 1 aromatic rings. The van der Waals surface area contributed by atoms with Crippen molar-refractivity contribution in [3.63, 3.8) is 0 Å². The van der Waals surface area contributed by atoms with E-state index in [1.165, 1.54) is 10.4 Å². The third kappa shape index (κ3) is 5.44. The number of oxime groups is 1. The van der Waals surface area contributed by atoms with E-state index in [1.807, 2.05) is 0 Å². The maximum Gasteiger partial charge on any atom is 0.416 e. The predicted octanol–water partition coefficient (Wildman–Crippen LogP) is 3.91. The Morgan fingerprint density at radius 2 is 1.88 bits per heavy atom. The lowest BCUT2D eigenvalue weighted by molar-refractivity contribution is -0.137. The second-order valence-electron chi connectivity index (χ2n) is 6.60. The molecule has 1 aliphatic rings. The summed E-state index contributed by atoms with van der Waals surface area (Å²) in [5.41, 5.74) is -0.208. The topological polar surface area (TPSA) is 59.0 Å². The molecule has 1 aromatic carbocycles. The molecule has 1 fully saturated rings. The lowest BCUT2D eigenvalue weighted by Crippen LogP contribution is -2.38. The maximum absolute atomic E-state index is 12.8. The predicted molar refractivity (Wildman–Crippen MR) is 92.3 cm³/mol. The molecule has 0 unspecified atom stereocenters. The summed E-state index contributed by atoms with van der Waals surface area (Å²) in [6, 6.07) is 3.82. The van der Waals surface area contributed by atoms with Gasteiger partial charge in [-0.15, -0.1) is 0 Å². The molecule has 9 heteroatoms. The molecule has 0 bridgehead atoms. The summed E-state index contributed by atoms with van der Waals surface area (Å²) >= 11 is 0. The van der Waals surface area contributed by atoms with Gasteiger partial charge in [-0.05, 0) is 30.5 Å². The fourth-order valence-corrected chi connectivity index (χ4v) is 3.97. The zero-order valence-electron chi connectivity index (χ0n) is 14.8. The number of alkyl halides is 3. The summed E-state index contributed by atoms with van der Waals surface area (Å²) in [6.07, 6.45) is -2.90. The van der Waals surface area contributed by atoms with E-state index in [0.29, 0.717) is 31.4 Å². The molecular formula is C17H23F3N2O3S. The van der Waals surface area contributed by atoms with E-state index in [-0.39, 0.29) is 18.0 Å². The second-order valence-corrected chi connectivity index (χ2v) is 8.54. The molecule has 1 heterocycles. The minimum absolute atomic E-state index is 0.172. The number of sulfonamides is 1. The Balaban J connectivity index is 2.01. The highest BCUT2D eigenvalue weighted by Gasteiger charge is 2.33. The first-order valence-corrected chi connectivity index (χ1v) is 9.90. The molecule has 0 atom stereocenters. The van der Waals surface area contributed by atoms with Crippen LogP contribution in [0.3, 0.4) is 0 Å². The third-order valence-electron chi connectivity index (χ3n) is 4.08. The van der Waals surface area contributed by atoms with Gasteiger partial charge in [0.25, 0.3) is 0 Å². The van der Waals surface area contributed by atoms with Gasteiger partial charge in [0.05, 0.1) is 16.2 Å². The molecule has 1 saturated heterocycles. The van der Waals surface area contributed by atoms with Crippen molar-refractivity contribution in [1.29, 1.82) is 0 Å². The van der Waals surface area contributed by atoms with Gasteiger partial charge in [-0.2, -0.15) is 17.5 Å². The normalized spacial score (nSPS) is 16.8. The van der Waals surface area contributed by atoms with Crippen molar-refractivity contribution < 1.29 is 26.4 Å². The van der Waals surface area contributed by atoms with E-state index in [0.717, 1.165) is 24.3 Å². The minimum Gasteiger partial charge on any atom is -0.396 e. The van der Waals surface area contributed by atoms with Gasteiger partial charge in [-0.25, -0.2) is 8.42 Å². The summed E-state index contributed by atoms with van der Waals surface area (Å²) < 4.78 is 64.8. The van der Waals surface area contributed by atoms with Gasteiger partial charge in [0.1, 0.15) is 6.61 Å². The summed E-state index contributed by atoms with van der Waals surface area (Å²) in [4.78, 5) is 4.89. The Bertz CT molecular complexity index is 736. The Kier molecular flexibility index (Phi) is 6.68. The number of hydrogen-bond donors (Lipinski definition) is 0. The minimum atomic E-state index is -4.58. The van der Waals surface area contributed by atoms with Crippen molar-refractivity contribution in [3.8, 4) is 0 Å². The molecule has 0 spiro atoms. The smallest absolute Gasteiger partial charge is 0.396 e. The van der Waals surface area contributed by atoms with E-state index < -0.39 is 21.8 Å². The summed E-state index contributed by atoms with van der Waals surface area (Å²) in [5, 5.41) is 4.04. The fraction of sp³-hybridized carbons (Fsp3) is 0.588. The average Bonchev–Trinajstić information content (AvgIpc) is 2.58. The number of benzene rings is 1. The van der Waals surface area contributed by atoms with Crippen LogP contribution in [0.25, 0.3) is 0 Å². The maximum atomic E-state index is 12.8. The lowest BCUT2D eigenvalue weighted by atomic mass is 10.1. The first-order valence-electron chi connectivity index (χ1n) is 8.46. The molecule has 1 aliphatic heterocycles. The van der Waals surface area contributed by atoms with Crippen LogP contribution < -0.4 is 0 Å². The molecule has 0 amide bonds. The highest BCUT2D eigenvalue weighted by Crippen LogP contribution is 2.31. The molecule has 146 valence electrons. The third-order valence-corrected chi connectivity index (χ3v) is 5.97. The molecular weight excluding hydrogens is 369 g/mol. The van der Waals surface area contributed by atoms with Crippen molar-refractivity contribution in [3.05, 3.63) is 29.8 Å². The van der Waals surface area contributed by atoms with Crippen LogP contribution in [0.5, 0.6) is 0 Å². The SMILES string of the molecule is CC(C)CCON=C1CCN(S(=O)(=O)c2cccc(C(F)(F)F)c2)CC1. The van der Waals surface area contributed by atoms with Crippen LogP contribution in [0.1, 0.15) is 38.7 Å². The summed E-state index contributed by atoms with van der Waals surface area (Å²) in [5.74, 6) is 0.509. The van der Waals surface area contributed by atoms with Gasteiger partial charge >= 0.3 is 6.18 Å². The second kappa shape index (κ2) is 8.39. The molecule has 0 saturated carbocycles. The average molecular weight is 392 g/mol. The van der Waals surface area contributed by atoms with E-state index in [2.05, 4.69) is 19.0 Å². The molecule has 2 rings (SSSR count). The van der Waals surface area contributed by atoms with Crippen molar-refractivity contribution in [2.75, 3.05) is 19.7 Å². The van der Waals surface area contributed by atoms with E-state index in [9.17, 15) is 21.6 Å². The van der Waals surface area contributed by atoms with Gasteiger partial charge in [-0.1, -0.05) is 25.1 Å². The van der Waals surface area contributed by atoms with Crippen molar-refractivity contribution in [1.82, 2.24) is 4.31 Å². The van der Waals surface area contributed by atoms with Crippen molar-refractivity contribution in [2.45, 2.75) is 44.2 Å². The summed E-state index contributed by atoms with van der Waals surface area (Å²) in [7, 11) is -3.97. The number of piperidine rings is 1. The van der Waals surface area contributed by atoms with Gasteiger partial charge in [0.15, 0.2) is 0 Å². The molecule has 0 radical (unpaired) electrons. The van der Waals surface area contributed by atoms with E-state index >= 15 is 0 Å². The number of hydrogen-bond acceptors (Lipinski definition) is 4. The Labute approximate surface area is 151 Å². The van der Waals surface area contributed by atoms with Crippen molar-refractivity contribution in [2.24, 2.45) is 11.1 Å². The largest absolute Gasteiger partial charge is 0.416 e. The Morgan fingerprint density at radius 1 is 1.23 bits per heavy atom. The Morgan fingerprint density at radius 3 is 2.46 bits per heavy atom. The van der Waals surface area contributed by atoms with Crippen LogP contribution in [0, 0.1) is 5.92 Å². The highest BCUT2D eigenvalue weighted by atomic mass is 32.2. The van der Waals surface area contributed by atoms with Gasteiger partial charge in [0.2, 0.25) is 10.0 Å². The van der Waals surface area contributed by atoms with Gasteiger partial charge in [-0.3, -0.25) is 0 Å². The van der Waals surface area contributed by atoms with Crippen LogP contribution >= 0.6 is 0 Å². The summed E-state index contributed by atoms with van der Waals surface area (Å²) in [6.45, 7) is 5.00. The lowest BCUT2D eigenvalue weighted by Gasteiger charge is -2.27. The van der Waals surface area contributed by atoms with Crippen LogP contribution in [-0.2, 0) is 21.0 Å². The number of nitrogens with zero attached hydrogens (tertiary/aromatic N) is 2. The zero-order valence-corrected chi connectivity index (χ0v) is 15.6. The van der Waals surface area contributed by atoms with Crippen molar-refractivity contribution >= 4 is 15.7 Å². The molecule has 5 nitrogen and oxygen atoms in total. The van der Waals surface area contributed by atoms with Gasteiger partial charge < -0.3 is 4.84 Å². The standard InChI is InChI=1S/C17H23F3N2O3S/c1-13(2)8-11-25-21-15-6-9-22(10-7-15)26(23,24)16-5-3-4-14(12-16)17(18,19)20/h3-5,12-13H,6-11H2,1-2H3. The van der Waals surface area contributed by atoms with Gasteiger partial charge in [0, 0.05) is 25.9 Å². The van der Waals surface area contributed by atoms with Crippen LogP contribution in [0.4, 0.5) is 13.2 Å². The number of rotatable bonds is 6. The monoisotopic (exact) mass is 392 g/mol. The quantitative estimate of drug-likeness (QED) is 0.545. The van der Waals surface area contributed by atoms with E-state index in [1.54, 1.807) is 0 Å². The molecule has 0 aliphatic carbocycles. The van der Waals surface area contributed by atoms with Crippen LogP contribution in [-0.4, -0.2) is 38.1 Å². The first-order chi connectivity index (χ1) is 12.1. The molecule has 0 aromatic heterocycles. The van der Waals surface area contributed by atoms with Crippen LogP contribution in [0.2, 0.25) is 0 Å². The highest BCUT2D eigenvalue weighted by molar-refractivity contribution is 7.89. The first kappa shape index (κ1) is 20.7. The molecule has 26 heavy (non-hydrogen) atoms. The zero-order chi connectivity index (χ0) is 19.4. The number of halogens is 3. The fourth-order valence-electron chi connectivity index (χ4n) is 2.48. The molecule has 0 N–H and O–H groups in total. The Hall–Kier alpha value is -1.61. The van der Waals surface area contributed by atoms with Crippen LogP contribution in [0.15, 0.2) is 34.3 Å². The van der Waals surface area contributed by atoms with E-state index in [4.69, 9.17) is 4.84 Å².